The maximum absolute atomic E-state index is 3.46. The molecule has 0 bridgehead atoms. The van der Waals surface area contributed by atoms with Gasteiger partial charge in [0.15, 0.2) is 0 Å². The van der Waals surface area contributed by atoms with Crippen LogP contribution in [0, 0.1) is 0 Å². The van der Waals surface area contributed by atoms with E-state index in [4.69, 9.17) is 0 Å². The molecular formula is C22H40N2Sn. The molecule has 2 nitrogen and oxygen atoms in total. The fourth-order valence-electron chi connectivity index (χ4n) is 4.30. The van der Waals surface area contributed by atoms with Gasteiger partial charge in [0.05, 0.1) is 0 Å². The van der Waals surface area contributed by atoms with E-state index in [2.05, 4.69) is 55.3 Å². The molecule has 142 valence electrons. The molecule has 1 aliphatic heterocycles. The molecule has 0 atom stereocenters. The van der Waals surface area contributed by atoms with Gasteiger partial charge in [0, 0.05) is 0 Å². The van der Waals surface area contributed by atoms with Crippen LogP contribution in [0.5, 0.6) is 0 Å². The van der Waals surface area contributed by atoms with E-state index >= 15 is 0 Å². The van der Waals surface area contributed by atoms with Gasteiger partial charge in [0.1, 0.15) is 0 Å². The Morgan fingerprint density at radius 2 is 1.28 bits per heavy atom. The number of hydrogen-bond donors (Lipinski definition) is 1. The number of unbranched alkanes of at least 4 members (excludes halogenated alkanes) is 3. The normalized spacial score (nSPS) is 15.6. The second kappa shape index (κ2) is 11.5. The molecule has 0 radical (unpaired) electrons. The van der Waals surface area contributed by atoms with Gasteiger partial charge in [-0.2, -0.15) is 0 Å². The Labute approximate surface area is 160 Å². The number of nitrogens with zero attached hydrogens (tertiary/aromatic N) is 1. The first-order chi connectivity index (χ1) is 12.3. The summed E-state index contributed by atoms with van der Waals surface area (Å²) in [5.74, 6) is 0. The number of benzene rings is 1. The molecule has 25 heavy (non-hydrogen) atoms. The van der Waals surface area contributed by atoms with Crippen LogP contribution in [0.25, 0.3) is 0 Å². The molecule has 0 amide bonds. The first-order valence-corrected chi connectivity index (χ1v) is 18.3. The van der Waals surface area contributed by atoms with Crippen LogP contribution in [0.1, 0.15) is 59.3 Å². The fourth-order valence-corrected chi connectivity index (χ4v) is 20.2. The van der Waals surface area contributed by atoms with Gasteiger partial charge in [-0.15, -0.1) is 0 Å². The second-order valence-corrected chi connectivity index (χ2v) is 21.1. The fraction of sp³-hybridized carbons (Fsp3) is 0.727. The molecule has 0 spiro atoms. The Balaban J connectivity index is 2.20. The summed E-state index contributed by atoms with van der Waals surface area (Å²) in [6.07, 6.45) is 8.41. The molecule has 0 aliphatic carbocycles. The van der Waals surface area contributed by atoms with Crippen LogP contribution in [-0.2, 0) is 0 Å². The van der Waals surface area contributed by atoms with Gasteiger partial charge in [-0.3, -0.25) is 0 Å². The number of hydrogen-bond acceptors (Lipinski definition) is 2. The molecule has 1 N–H and O–H groups in total. The summed E-state index contributed by atoms with van der Waals surface area (Å²) >= 11 is -2.23. The zero-order chi connectivity index (χ0) is 18.0. The van der Waals surface area contributed by atoms with E-state index in [1.807, 2.05) is 3.58 Å². The van der Waals surface area contributed by atoms with Crippen molar-refractivity contribution in [1.29, 1.82) is 0 Å². The van der Waals surface area contributed by atoms with Crippen molar-refractivity contribution in [1.82, 2.24) is 5.32 Å². The van der Waals surface area contributed by atoms with Gasteiger partial charge < -0.3 is 0 Å². The molecule has 0 aromatic heterocycles. The molecule has 1 aromatic rings. The van der Waals surface area contributed by atoms with Crippen molar-refractivity contribution < 1.29 is 0 Å². The molecule has 1 aliphatic rings. The minimum atomic E-state index is -2.23. The summed E-state index contributed by atoms with van der Waals surface area (Å²) in [5, 5.41) is 3.46. The number of rotatable bonds is 11. The Hall–Kier alpha value is -0.221. The van der Waals surface area contributed by atoms with E-state index in [1.54, 1.807) is 13.3 Å². The Bertz CT molecular complexity index is 444. The second-order valence-electron chi connectivity index (χ2n) is 7.87. The molecule has 2 rings (SSSR count). The van der Waals surface area contributed by atoms with Gasteiger partial charge in [-0.05, 0) is 0 Å². The zero-order valence-electron chi connectivity index (χ0n) is 16.9. The first-order valence-electron chi connectivity index (χ1n) is 10.8. The molecule has 1 aromatic carbocycles. The van der Waals surface area contributed by atoms with Crippen LogP contribution in [-0.4, -0.2) is 44.6 Å². The summed E-state index contributed by atoms with van der Waals surface area (Å²) < 4.78 is 6.51. The quantitative estimate of drug-likeness (QED) is 0.468. The van der Waals surface area contributed by atoms with E-state index in [9.17, 15) is 0 Å². The van der Waals surface area contributed by atoms with Crippen molar-refractivity contribution in [2.75, 3.05) is 31.1 Å². The predicted octanol–water partition coefficient (Wildman–Crippen LogP) is 5.15. The SMILES string of the molecule is CCC[CH2][Sn]([CH2]CCC)([CH2]CCC)[c]1ccc(N2CCNCC2)cc1. The monoisotopic (exact) mass is 452 g/mol. The maximum atomic E-state index is 3.46. The van der Waals surface area contributed by atoms with Crippen molar-refractivity contribution in [2.24, 2.45) is 0 Å². The summed E-state index contributed by atoms with van der Waals surface area (Å²) in [6, 6.07) is 9.98. The van der Waals surface area contributed by atoms with E-state index in [1.165, 1.54) is 44.2 Å². The third kappa shape index (κ3) is 6.16. The molecule has 1 heterocycles. The first kappa shape index (κ1) is 21.1. The van der Waals surface area contributed by atoms with Gasteiger partial charge in [-0.1, -0.05) is 0 Å². The molecule has 0 saturated carbocycles. The molecule has 3 heteroatoms. The van der Waals surface area contributed by atoms with Gasteiger partial charge in [-0.25, -0.2) is 0 Å². The predicted molar refractivity (Wildman–Crippen MR) is 116 cm³/mol. The third-order valence-electron chi connectivity index (χ3n) is 5.99. The van der Waals surface area contributed by atoms with Crippen molar-refractivity contribution >= 4 is 27.6 Å². The van der Waals surface area contributed by atoms with Crippen LogP contribution >= 0.6 is 0 Å². The topological polar surface area (TPSA) is 15.3 Å². The Morgan fingerprint density at radius 1 is 0.800 bits per heavy atom. The average molecular weight is 451 g/mol. The van der Waals surface area contributed by atoms with Crippen molar-refractivity contribution in [3.8, 4) is 0 Å². The summed E-state index contributed by atoms with van der Waals surface area (Å²) in [4.78, 5) is 2.54. The van der Waals surface area contributed by atoms with Gasteiger partial charge in [0.25, 0.3) is 0 Å². The van der Waals surface area contributed by atoms with Crippen molar-refractivity contribution in [2.45, 2.75) is 72.6 Å². The van der Waals surface area contributed by atoms with E-state index in [0.29, 0.717) is 0 Å². The summed E-state index contributed by atoms with van der Waals surface area (Å²) in [5.41, 5.74) is 1.44. The number of nitrogens with one attached hydrogen (secondary N) is 1. The molecule has 1 fully saturated rings. The van der Waals surface area contributed by atoms with Crippen LogP contribution in [0.2, 0.25) is 13.3 Å². The van der Waals surface area contributed by atoms with E-state index < -0.39 is 18.4 Å². The van der Waals surface area contributed by atoms with Crippen molar-refractivity contribution in [3.63, 3.8) is 0 Å². The van der Waals surface area contributed by atoms with Gasteiger partial charge in [0.2, 0.25) is 0 Å². The minimum absolute atomic E-state index is 1.12. The summed E-state index contributed by atoms with van der Waals surface area (Å²) in [6.45, 7) is 11.6. The van der Waals surface area contributed by atoms with Crippen LogP contribution in [0.3, 0.4) is 0 Å². The average Bonchev–Trinajstić information content (AvgIpc) is 2.68. The zero-order valence-corrected chi connectivity index (χ0v) is 19.8. The van der Waals surface area contributed by atoms with Crippen molar-refractivity contribution in [3.05, 3.63) is 24.3 Å². The van der Waals surface area contributed by atoms with Crippen LogP contribution in [0.4, 0.5) is 5.69 Å². The molecule has 1 saturated heterocycles. The van der Waals surface area contributed by atoms with E-state index in [0.717, 1.165) is 26.2 Å². The van der Waals surface area contributed by atoms with E-state index in [-0.39, 0.29) is 0 Å². The molecular weight excluding hydrogens is 411 g/mol. The molecule has 0 unspecified atom stereocenters. The number of anilines is 1. The van der Waals surface area contributed by atoms with Crippen LogP contribution in [0.15, 0.2) is 24.3 Å². The summed E-state index contributed by atoms with van der Waals surface area (Å²) in [7, 11) is 0. The number of piperazine rings is 1. The third-order valence-corrected chi connectivity index (χ3v) is 21.7. The Morgan fingerprint density at radius 3 is 1.72 bits per heavy atom. The van der Waals surface area contributed by atoms with Crippen LogP contribution < -0.4 is 13.8 Å². The standard InChI is InChI=1S/C10H13N2.3C4H9.Sn/c1-2-4-10(5-3-1)12-8-6-11-7-9-12;3*1-3-4-2;/h2-5,11H,6-9H2;3*1,3-4H2,2H3;. The van der Waals surface area contributed by atoms with Gasteiger partial charge >= 0.3 is 161 Å². The Kier molecular flexibility index (Phi) is 9.68.